The van der Waals surface area contributed by atoms with Gasteiger partial charge in [0.25, 0.3) is 5.91 Å². The van der Waals surface area contributed by atoms with Gasteiger partial charge in [-0.15, -0.1) is 13.2 Å². The van der Waals surface area contributed by atoms with Gasteiger partial charge in [-0.05, 0) is 43.7 Å². The average Bonchev–Trinajstić information content (AvgIpc) is 2.39. The first-order valence-corrected chi connectivity index (χ1v) is 6.31. The van der Waals surface area contributed by atoms with Crippen molar-refractivity contribution in [1.82, 2.24) is 10.6 Å². The minimum Gasteiger partial charge on any atom is -0.406 e. The van der Waals surface area contributed by atoms with Crippen LogP contribution in [0.1, 0.15) is 23.2 Å². The molecule has 0 aliphatic carbocycles. The number of hydrogen-bond donors (Lipinski definition) is 2. The largest absolute Gasteiger partial charge is 0.573 e. The molecular formula is C13H15F3N2O2. The molecule has 1 unspecified atom stereocenters. The first-order chi connectivity index (χ1) is 9.44. The summed E-state index contributed by atoms with van der Waals surface area (Å²) in [6.45, 7) is 1.65. The van der Waals surface area contributed by atoms with Crippen LogP contribution < -0.4 is 15.4 Å². The Kier molecular flexibility index (Phi) is 4.49. The Morgan fingerprint density at radius 2 is 2.00 bits per heavy atom. The molecule has 1 atom stereocenters. The number of ether oxygens (including phenoxy) is 1. The van der Waals surface area contributed by atoms with E-state index in [1.165, 1.54) is 12.1 Å². The van der Waals surface area contributed by atoms with Crippen molar-refractivity contribution in [2.75, 3.05) is 13.1 Å². The predicted octanol–water partition coefficient (Wildman–Crippen LogP) is 2.07. The molecule has 1 fully saturated rings. The van der Waals surface area contributed by atoms with E-state index in [1.54, 1.807) is 0 Å². The molecule has 4 nitrogen and oxygen atoms in total. The van der Waals surface area contributed by atoms with Gasteiger partial charge in [-0.1, -0.05) is 0 Å². The quantitative estimate of drug-likeness (QED) is 0.895. The van der Waals surface area contributed by atoms with Crippen molar-refractivity contribution in [3.8, 4) is 5.75 Å². The summed E-state index contributed by atoms with van der Waals surface area (Å²) in [6.07, 6.45) is -2.84. The predicted molar refractivity (Wildman–Crippen MR) is 66.5 cm³/mol. The van der Waals surface area contributed by atoms with Crippen LogP contribution in [-0.4, -0.2) is 31.4 Å². The smallest absolute Gasteiger partial charge is 0.406 e. The fraction of sp³-hybridized carbons (Fsp3) is 0.462. The maximum Gasteiger partial charge on any atom is 0.573 e. The van der Waals surface area contributed by atoms with Crippen LogP contribution in [0.2, 0.25) is 0 Å². The molecule has 1 aromatic rings. The number of hydrogen-bond acceptors (Lipinski definition) is 3. The van der Waals surface area contributed by atoms with Crippen LogP contribution >= 0.6 is 0 Å². The summed E-state index contributed by atoms with van der Waals surface area (Å²) in [5, 5.41) is 6.01. The molecule has 7 heteroatoms. The van der Waals surface area contributed by atoms with Gasteiger partial charge >= 0.3 is 6.36 Å². The highest BCUT2D eigenvalue weighted by Gasteiger charge is 2.31. The van der Waals surface area contributed by atoms with Crippen LogP contribution in [0.25, 0.3) is 0 Å². The summed E-state index contributed by atoms with van der Waals surface area (Å²) < 4.78 is 39.7. The van der Waals surface area contributed by atoms with E-state index < -0.39 is 6.36 Å². The van der Waals surface area contributed by atoms with Crippen LogP contribution in [-0.2, 0) is 0 Å². The number of carbonyl (C=O) groups excluding carboxylic acids is 1. The molecule has 0 aromatic heterocycles. The molecule has 2 rings (SSSR count). The molecule has 1 heterocycles. The first kappa shape index (κ1) is 14.6. The molecule has 20 heavy (non-hydrogen) atoms. The Bertz CT molecular complexity index is 454. The zero-order chi connectivity index (χ0) is 14.6. The zero-order valence-electron chi connectivity index (χ0n) is 10.7. The second kappa shape index (κ2) is 6.13. The van der Waals surface area contributed by atoms with Crippen LogP contribution in [0.15, 0.2) is 24.3 Å². The van der Waals surface area contributed by atoms with Gasteiger partial charge in [0.05, 0.1) is 0 Å². The first-order valence-electron chi connectivity index (χ1n) is 6.31. The lowest BCUT2D eigenvalue weighted by molar-refractivity contribution is -0.274. The normalized spacial score (nSPS) is 19.4. The van der Waals surface area contributed by atoms with E-state index in [9.17, 15) is 18.0 Å². The molecule has 0 bridgehead atoms. The summed E-state index contributed by atoms with van der Waals surface area (Å²) in [4.78, 5) is 11.9. The maximum absolute atomic E-state index is 12.0. The number of nitrogens with one attached hydrogen (secondary N) is 2. The van der Waals surface area contributed by atoms with Crippen molar-refractivity contribution in [3.05, 3.63) is 29.8 Å². The summed E-state index contributed by atoms with van der Waals surface area (Å²) >= 11 is 0. The highest BCUT2D eigenvalue weighted by molar-refractivity contribution is 5.94. The topological polar surface area (TPSA) is 50.4 Å². The maximum atomic E-state index is 12.0. The van der Waals surface area contributed by atoms with Crippen molar-refractivity contribution < 1.29 is 22.7 Å². The minimum absolute atomic E-state index is 0.0577. The van der Waals surface area contributed by atoms with E-state index in [1.807, 2.05) is 0 Å². The molecule has 1 aromatic carbocycles. The molecule has 0 radical (unpaired) electrons. The van der Waals surface area contributed by atoms with Crippen LogP contribution in [0.4, 0.5) is 13.2 Å². The Morgan fingerprint density at radius 1 is 1.30 bits per heavy atom. The van der Waals surface area contributed by atoms with Crippen LogP contribution in [0, 0.1) is 0 Å². The van der Waals surface area contributed by atoms with Gasteiger partial charge in [0, 0.05) is 18.2 Å². The molecule has 1 aliphatic heterocycles. The summed E-state index contributed by atoms with van der Waals surface area (Å²) in [7, 11) is 0. The van der Waals surface area contributed by atoms with Crippen LogP contribution in [0.3, 0.4) is 0 Å². The summed E-state index contributed by atoms with van der Waals surface area (Å²) in [5.41, 5.74) is 0.310. The second-order valence-electron chi connectivity index (χ2n) is 4.59. The van der Waals surface area contributed by atoms with Gasteiger partial charge in [-0.25, -0.2) is 0 Å². The lowest BCUT2D eigenvalue weighted by Gasteiger charge is -2.23. The van der Waals surface area contributed by atoms with E-state index in [4.69, 9.17) is 0 Å². The number of benzene rings is 1. The van der Waals surface area contributed by atoms with Gasteiger partial charge in [0.15, 0.2) is 0 Å². The number of carbonyl (C=O) groups is 1. The fourth-order valence-corrected chi connectivity index (χ4v) is 2.05. The summed E-state index contributed by atoms with van der Waals surface area (Å²) in [5.74, 6) is -0.634. The third-order valence-electron chi connectivity index (χ3n) is 2.98. The monoisotopic (exact) mass is 288 g/mol. The van der Waals surface area contributed by atoms with Crippen LogP contribution in [0.5, 0.6) is 5.75 Å². The summed E-state index contributed by atoms with van der Waals surface area (Å²) in [6, 6.07) is 4.94. The fourth-order valence-electron chi connectivity index (χ4n) is 2.05. The molecule has 1 saturated heterocycles. The van der Waals surface area contributed by atoms with Crippen molar-refractivity contribution in [2.24, 2.45) is 0 Å². The third kappa shape index (κ3) is 4.41. The second-order valence-corrected chi connectivity index (χ2v) is 4.59. The standard InChI is InChI=1S/C13H15F3N2O2/c14-13(15,16)20-11-5-3-9(4-6-11)12(19)18-10-2-1-7-17-8-10/h3-6,10,17H,1-2,7-8H2,(H,18,19). The number of alkyl halides is 3. The van der Waals surface area contributed by atoms with Gasteiger partial charge in [-0.2, -0.15) is 0 Å². The highest BCUT2D eigenvalue weighted by Crippen LogP contribution is 2.22. The lowest BCUT2D eigenvalue weighted by Crippen LogP contribution is -2.45. The minimum atomic E-state index is -4.72. The Balaban J connectivity index is 1.93. The van der Waals surface area contributed by atoms with Crippen molar-refractivity contribution >= 4 is 5.91 Å². The van der Waals surface area contributed by atoms with E-state index in [0.29, 0.717) is 12.1 Å². The van der Waals surface area contributed by atoms with E-state index in [-0.39, 0.29) is 17.7 Å². The van der Waals surface area contributed by atoms with E-state index >= 15 is 0 Å². The average molecular weight is 288 g/mol. The van der Waals surface area contributed by atoms with Crippen molar-refractivity contribution in [1.29, 1.82) is 0 Å². The Morgan fingerprint density at radius 3 is 2.55 bits per heavy atom. The SMILES string of the molecule is O=C(NC1CCCNC1)c1ccc(OC(F)(F)F)cc1. The van der Waals surface area contributed by atoms with Gasteiger partial charge in [0.1, 0.15) is 5.75 Å². The van der Waals surface area contributed by atoms with Crippen molar-refractivity contribution in [2.45, 2.75) is 25.2 Å². The Hall–Kier alpha value is -1.76. The molecule has 0 spiro atoms. The molecule has 2 N–H and O–H groups in total. The molecular weight excluding hydrogens is 273 g/mol. The van der Waals surface area contributed by atoms with E-state index in [2.05, 4.69) is 15.4 Å². The third-order valence-corrected chi connectivity index (χ3v) is 2.98. The van der Waals surface area contributed by atoms with Gasteiger partial charge in [0.2, 0.25) is 0 Å². The van der Waals surface area contributed by atoms with Gasteiger partial charge in [-0.3, -0.25) is 4.79 Å². The Labute approximate surface area is 114 Å². The van der Waals surface area contributed by atoms with Crippen molar-refractivity contribution in [3.63, 3.8) is 0 Å². The number of halogens is 3. The molecule has 0 saturated carbocycles. The molecule has 1 amide bonds. The lowest BCUT2D eigenvalue weighted by atomic mass is 10.1. The van der Waals surface area contributed by atoms with Gasteiger partial charge < -0.3 is 15.4 Å². The number of piperidine rings is 1. The zero-order valence-corrected chi connectivity index (χ0v) is 10.7. The highest BCUT2D eigenvalue weighted by atomic mass is 19.4. The van der Waals surface area contributed by atoms with E-state index in [0.717, 1.165) is 31.5 Å². The number of rotatable bonds is 3. The molecule has 110 valence electrons. The number of amides is 1. The molecule has 1 aliphatic rings.